The molecule has 0 radical (unpaired) electrons. The van der Waals surface area contributed by atoms with Crippen LogP contribution in [0, 0.1) is 5.41 Å². The van der Waals surface area contributed by atoms with Crippen LogP contribution in [0.15, 0.2) is 24.3 Å². The fraction of sp³-hybridized carbons (Fsp3) is 0.526. The summed E-state index contributed by atoms with van der Waals surface area (Å²) in [5.74, 6) is 0.255. The van der Waals surface area contributed by atoms with Crippen LogP contribution in [0.2, 0.25) is 0 Å². The number of nitrogens with zero attached hydrogens (tertiary/aromatic N) is 1. The van der Waals surface area contributed by atoms with Crippen LogP contribution in [-0.2, 0) is 16.8 Å². The number of aromatic amines is 1. The zero-order valence-electron chi connectivity index (χ0n) is 14.2. The van der Waals surface area contributed by atoms with Gasteiger partial charge in [-0.05, 0) is 31.0 Å². The van der Waals surface area contributed by atoms with Crippen molar-refractivity contribution in [2.24, 2.45) is 5.41 Å². The summed E-state index contributed by atoms with van der Waals surface area (Å²) < 4.78 is 0. The molecule has 0 bridgehead atoms. The summed E-state index contributed by atoms with van der Waals surface area (Å²) in [4.78, 5) is 18.9. The van der Waals surface area contributed by atoms with E-state index < -0.39 is 0 Å². The van der Waals surface area contributed by atoms with Crippen molar-refractivity contribution in [2.75, 3.05) is 19.6 Å². The smallest absolute Gasteiger partial charge is 0.228 e. The molecule has 1 unspecified atom stereocenters. The highest BCUT2D eigenvalue weighted by molar-refractivity contribution is 5.88. The van der Waals surface area contributed by atoms with E-state index in [1.165, 1.54) is 22.2 Å². The van der Waals surface area contributed by atoms with Crippen LogP contribution in [0.4, 0.5) is 0 Å². The van der Waals surface area contributed by atoms with E-state index in [0.717, 1.165) is 32.5 Å². The molecule has 2 aromatic rings. The molecule has 2 aliphatic heterocycles. The molecule has 1 saturated heterocycles. The van der Waals surface area contributed by atoms with Gasteiger partial charge in [-0.15, -0.1) is 0 Å². The van der Waals surface area contributed by atoms with E-state index in [0.29, 0.717) is 0 Å². The highest BCUT2D eigenvalue weighted by atomic mass is 16.2. The molecule has 4 heteroatoms. The lowest BCUT2D eigenvalue weighted by molar-refractivity contribution is -0.147. The Bertz CT molecular complexity index is 763. The van der Waals surface area contributed by atoms with E-state index in [9.17, 15) is 4.79 Å². The van der Waals surface area contributed by atoms with E-state index in [1.54, 1.807) is 0 Å². The minimum Gasteiger partial charge on any atom is -0.356 e. The number of hydrogen-bond donors (Lipinski definition) is 2. The van der Waals surface area contributed by atoms with Gasteiger partial charge in [0.1, 0.15) is 0 Å². The maximum absolute atomic E-state index is 13.1. The summed E-state index contributed by atoms with van der Waals surface area (Å²) in [6.07, 6.45) is 1.91. The van der Waals surface area contributed by atoms with Gasteiger partial charge in [0.05, 0.1) is 5.54 Å². The first-order valence-electron chi connectivity index (χ1n) is 8.56. The SMILES string of the molecule is CC(C)(C)C(=O)N1CCc2c([nH]c3ccccc23)C12CCNC2. The number of para-hydroxylation sites is 1. The number of aromatic nitrogens is 1. The highest BCUT2D eigenvalue weighted by Crippen LogP contribution is 2.43. The van der Waals surface area contributed by atoms with Crippen LogP contribution in [0.5, 0.6) is 0 Å². The normalized spacial score (nSPS) is 24.4. The molecule has 1 amide bonds. The maximum Gasteiger partial charge on any atom is 0.228 e. The van der Waals surface area contributed by atoms with Crippen LogP contribution < -0.4 is 5.32 Å². The predicted octanol–water partition coefficient (Wildman–Crippen LogP) is 2.79. The molecule has 4 rings (SSSR count). The maximum atomic E-state index is 13.1. The monoisotopic (exact) mass is 311 g/mol. The molecule has 3 heterocycles. The number of H-pyrrole nitrogens is 1. The number of carbonyl (C=O) groups excluding carboxylic acids is 1. The Morgan fingerprint density at radius 2 is 2.04 bits per heavy atom. The minimum absolute atomic E-state index is 0.211. The van der Waals surface area contributed by atoms with Crippen LogP contribution in [0.3, 0.4) is 0 Å². The summed E-state index contributed by atoms with van der Waals surface area (Å²) >= 11 is 0. The quantitative estimate of drug-likeness (QED) is 0.786. The average molecular weight is 311 g/mol. The summed E-state index contributed by atoms with van der Waals surface area (Å²) in [6, 6.07) is 8.51. The van der Waals surface area contributed by atoms with E-state index in [-0.39, 0.29) is 16.9 Å². The Kier molecular flexibility index (Phi) is 3.11. The summed E-state index contributed by atoms with van der Waals surface area (Å²) in [5.41, 5.74) is 3.29. The van der Waals surface area contributed by atoms with Gasteiger partial charge in [-0.25, -0.2) is 0 Å². The van der Waals surface area contributed by atoms with Gasteiger partial charge in [0, 0.05) is 35.1 Å². The molecule has 122 valence electrons. The van der Waals surface area contributed by atoms with E-state index in [4.69, 9.17) is 0 Å². The summed E-state index contributed by atoms with van der Waals surface area (Å²) in [6.45, 7) is 8.68. The fourth-order valence-electron chi connectivity index (χ4n) is 4.25. The van der Waals surface area contributed by atoms with Crippen LogP contribution >= 0.6 is 0 Å². The van der Waals surface area contributed by atoms with Gasteiger partial charge in [0.2, 0.25) is 5.91 Å². The summed E-state index contributed by atoms with van der Waals surface area (Å²) in [5, 5.41) is 4.81. The summed E-state index contributed by atoms with van der Waals surface area (Å²) in [7, 11) is 0. The number of hydrogen-bond acceptors (Lipinski definition) is 2. The predicted molar refractivity (Wildman–Crippen MR) is 92.3 cm³/mol. The van der Waals surface area contributed by atoms with Gasteiger partial charge in [0.25, 0.3) is 0 Å². The Labute approximate surface area is 137 Å². The van der Waals surface area contributed by atoms with Gasteiger partial charge in [-0.1, -0.05) is 39.0 Å². The second-order valence-corrected chi connectivity index (χ2v) is 7.94. The lowest BCUT2D eigenvalue weighted by Gasteiger charge is -2.46. The standard InChI is InChI=1S/C19H25N3O/c1-18(2,3)17(23)22-11-8-14-13-6-4-5-7-15(13)21-16(14)19(22)9-10-20-12-19/h4-7,20-21H,8-12H2,1-3H3. The third-order valence-corrected chi connectivity index (χ3v) is 5.40. The van der Waals surface area contributed by atoms with Crippen molar-refractivity contribution in [1.29, 1.82) is 0 Å². The average Bonchev–Trinajstić information content (AvgIpc) is 3.12. The number of carbonyl (C=O) groups is 1. The molecule has 4 nitrogen and oxygen atoms in total. The number of amides is 1. The Balaban J connectivity index is 1.89. The first kappa shape index (κ1) is 14.8. The van der Waals surface area contributed by atoms with Gasteiger partial charge < -0.3 is 15.2 Å². The van der Waals surface area contributed by atoms with Crippen molar-refractivity contribution >= 4 is 16.8 Å². The number of nitrogens with one attached hydrogen (secondary N) is 2. The minimum atomic E-state index is -0.348. The van der Waals surface area contributed by atoms with Crippen LogP contribution in [-0.4, -0.2) is 35.4 Å². The highest BCUT2D eigenvalue weighted by Gasteiger charge is 2.50. The second-order valence-electron chi connectivity index (χ2n) is 7.94. The molecule has 1 aromatic carbocycles. The van der Waals surface area contributed by atoms with Crippen LogP contribution in [0.1, 0.15) is 38.4 Å². The number of fused-ring (bicyclic) bond motifs is 4. The van der Waals surface area contributed by atoms with Crippen LogP contribution in [0.25, 0.3) is 10.9 Å². The molecule has 1 atom stereocenters. The third-order valence-electron chi connectivity index (χ3n) is 5.40. The second kappa shape index (κ2) is 4.84. The van der Waals surface area contributed by atoms with E-state index >= 15 is 0 Å². The van der Waals surface area contributed by atoms with E-state index in [2.05, 4.69) is 39.5 Å². The van der Waals surface area contributed by atoms with E-state index in [1.807, 2.05) is 20.8 Å². The van der Waals surface area contributed by atoms with Crippen molar-refractivity contribution in [1.82, 2.24) is 15.2 Å². The first-order valence-corrected chi connectivity index (χ1v) is 8.56. The van der Waals surface area contributed by atoms with Gasteiger partial charge in [-0.3, -0.25) is 4.79 Å². The lowest BCUT2D eigenvalue weighted by atomic mass is 9.81. The fourth-order valence-corrected chi connectivity index (χ4v) is 4.25. The first-order chi connectivity index (χ1) is 10.9. The van der Waals surface area contributed by atoms with Crippen molar-refractivity contribution in [3.8, 4) is 0 Å². The van der Waals surface area contributed by atoms with Crippen molar-refractivity contribution in [3.05, 3.63) is 35.5 Å². The largest absolute Gasteiger partial charge is 0.356 e. The zero-order chi connectivity index (χ0) is 16.2. The number of benzene rings is 1. The van der Waals surface area contributed by atoms with Gasteiger partial charge >= 0.3 is 0 Å². The Morgan fingerprint density at radius 3 is 2.74 bits per heavy atom. The zero-order valence-corrected chi connectivity index (χ0v) is 14.2. The molecule has 1 aromatic heterocycles. The molecule has 0 saturated carbocycles. The molecule has 1 spiro atoms. The molecule has 2 N–H and O–H groups in total. The topological polar surface area (TPSA) is 48.1 Å². The molecule has 23 heavy (non-hydrogen) atoms. The lowest BCUT2D eigenvalue weighted by Crippen LogP contribution is -2.57. The van der Waals surface area contributed by atoms with Crippen molar-refractivity contribution in [3.63, 3.8) is 0 Å². The van der Waals surface area contributed by atoms with Gasteiger partial charge in [-0.2, -0.15) is 0 Å². The number of rotatable bonds is 0. The molecular formula is C19H25N3O. The Morgan fingerprint density at radius 1 is 1.26 bits per heavy atom. The van der Waals surface area contributed by atoms with Gasteiger partial charge in [0.15, 0.2) is 0 Å². The van der Waals surface area contributed by atoms with Crippen molar-refractivity contribution in [2.45, 2.75) is 39.2 Å². The molecule has 1 fully saturated rings. The van der Waals surface area contributed by atoms with Crippen molar-refractivity contribution < 1.29 is 4.79 Å². The molecule has 2 aliphatic rings. The Hall–Kier alpha value is -1.81. The third kappa shape index (κ3) is 2.04. The molecule has 0 aliphatic carbocycles. The molecular weight excluding hydrogens is 286 g/mol.